The number of hydrogen-bond acceptors (Lipinski definition) is 3. The van der Waals surface area contributed by atoms with Crippen molar-refractivity contribution in [3.8, 4) is 11.5 Å². The number of ether oxygens (including phenoxy) is 1. The maximum Gasteiger partial charge on any atom is 0.261 e. The number of sulfonamides is 1. The van der Waals surface area contributed by atoms with Crippen LogP contribution in [0.15, 0.2) is 77.7 Å². The lowest BCUT2D eigenvalue weighted by molar-refractivity contribution is 0.483. The summed E-state index contributed by atoms with van der Waals surface area (Å²) in [6.45, 7) is 1.90. The second kappa shape index (κ2) is 7.17. The topological polar surface area (TPSA) is 55.4 Å². The first-order chi connectivity index (χ1) is 11.9. The largest absolute Gasteiger partial charge is 0.456 e. The molecule has 0 saturated heterocycles. The first-order valence-corrected chi connectivity index (χ1v) is 9.42. The minimum absolute atomic E-state index is 0.217. The third kappa shape index (κ3) is 4.32. The summed E-state index contributed by atoms with van der Waals surface area (Å²) in [4.78, 5) is 0.217. The van der Waals surface area contributed by atoms with E-state index in [1.165, 1.54) is 0 Å². The van der Waals surface area contributed by atoms with E-state index in [1.807, 2.05) is 19.1 Å². The van der Waals surface area contributed by atoms with E-state index in [1.54, 1.807) is 60.7 Å². The number of para-hydroxylation sites is 1. The van der Waals surface area contributed by atoms with Crippen LogP contribution in [0, 0.1) is 6.92 Å². The summed E-state index contributed by atoms with van der Waals surface area (Å²) >= 11 is 6.05. The van der Waals surface area contributed by atoms with Gasteiger partial charge in [0.25, 0.3) is 10.0 Å². The Morgan fingerprint density at radius 2 is 1.52 bits per heavy atom. The Hall–Kier alpha value is -2.50. The fourth-order valence-electron chi connectivity index (χ4n) is 2.18. The summed E-state index contributed by atoms with van der Waals surface area (Å²) in [6.07, 6.45) is 0. The van der Waals surface area contributed by atoms with E-state index in [-0.39, 0.29) is 4.90 Å². The zero-order valence-electron chi connectivity index (χ0n) is 13.4. The fraction of sp³-hybridized carbons (Fsp3) is 0.0526. The van der Waals surface area contributed by atoms with Crippen molar-refractivity contribution in [3.05, 3.63) is 83.4 Å². The van der Waals surface area contributed by atoms with E-state index in [9.17, 15) is 8.42 Å². The van der Waals surface area contributed by atoms with E-state index >= 15 is 0 Å². The first kappa shape index (κ1) is 17.3. The molecule has 0 spiro atoms. The monoisotopic (exact) mass is 373 g/mol. The van der Waals surface area contributed by atoms with Gasteiger partial charge in [-0.05, 0) is 55.5 Å². The van der Waals surface area contributed by atoms with Crippen LogP contribution in [0.4, 0.5) is 5.69 Å². The molecule has 0 amide bonds. The van der Waals surface area contributed by atoms with Crippen LogP contribution < -0.4 is 9.46 Å². The molecule has 3 aromatic rings. The van der Waals surface area contributed by atoms with Crippen LogP contribution in [0.25, 0.3) is 0 Å². The summed E-state index contributed by atoms with van der Waals surface area (Å²) in [5.41, 5.74) is 1.45. The van der Waals surface area contributed by atoms with Crippen molar-refractivity contribution in [3.63, 3.8) is 0 Å². The molecule has 0 aliphatic carbocycles. The highest BCUT2D eigenvalue weighted by molar-refractivity contribution is 7.92. The van der Waals surface area contributed by atoms with Crippen molar-refractivity contribution in [2.75, 3.05) is 4.72 Å². The summed E-state index contributed by atoms with van der Waals surface area (Å²) in [5.74, 6) is 1.10. The highest BCUT2D eigenvalue weighted by Gasteiger charge is 2.13. The van der Waals surface area contributed by atoms with Gasteiger partial charge in [0.15, 0.2) is 0 Å². The van der Waals surface area contributed by atoms with Crippen molar-refractivity contribution < 1.29 is 13.2 Å². The summed E-state index contributed by atoms with van der Waals surface area (Å²) in [7, 11) is -3.62. The van der Waals surface area contributed by atoms with Gasteiger partial charge in [-0.3, -0.25) is 4.72 Å². The second-order valence-corrected chi connectivity index (χ2v) is 7.57. The van der Waals surface area contributed by atoms with Crippen molar-refractivity contribution in [1.29, 1.82) is 0 Å². The maximum absolute atomic E-state index is 12.4. The number of benzene rings is 3. The zero-order valence-corrected chi connectivity index (χ0v) is 15.0. The Kier molecular flexibility index (Phi) is 4.97. The Morgan fingerprint density at radius 3 is 2.16 bits per heavy atom. The summed E-state index contributed by atoms with van der Waals surface area (Å²) in [6, 6.07) is 20.4. The average molecular weight is 374 g/mol. The van der Waals surface area contributed by atoms with Gasteiger partial charge >= 0.3 is 0 Å². The quantitative estimate of drug-likeness (QED) is 0.665. The molecule has 0 aliphatic heterocycles. The fourth-order valence-corrected chi connectivity index (χ4v) is 3.41. The van der Waals surface area contributed by atoms with Crippen LogP contribution in [0.2, 0.25) is 5.02 Å². The van der Waals surface area contributed by atoms with E-state index in [4.69, 9.17) is 16.3 Å². The molecule has 128 valence electrons. The molecule has 0 unspecified atom stereocenters. The van der Waals surface area contributed by atoms with Crippen LogP contribution >= 0.6 is 11.6 Å². The maximum atomic E-state index is 12.4. The Morgan fingerprint density at radius 1 is 0.880 bits per heavy atom. The SMILES string of the molecule is Cc1ccc(S(=O)(=O)Nc2ccc(Oc3ccccc3Cl)cc2)cc1. The van der Waals surface area contributed by atoms with Gasteiger partial charge in [-0.15, -0.1) is 0 Å². The Bertz CT molecular complexity index is 968. The van der Waals surface area contributed by atoms with E-state index < -0.39 is 10.0 Å². The molecular formula is C19H16ClNO3S. The molecule has 0 saturated carbocycles. The van der Waals surface area contributed by atoms with Crippen molar-refractivity contribution >= 4 is 27.3 Å². The molecule has 25 heavy (non-hydrogen) atoms. The predicted molar refractivity (Wildman–Crippen MR) is 100.0 cm³/mol. The van der Waals surface area contributed by atoms with Gasteiger partial charge in [0.05, 0.1) is 9.92 Å². The van der Waals surface area contributed by atoms with Crippen molar-refractivity contribution in [2.45, 2.75) is 11.8 Å². The lowest BCUT2D eigenvalue weighted by Crippen LogP contribution is -2.12. The van der Waals surface area contributed by atoms with Gasteiger partial charge in [0, 0.05) is 5.69 Å². The molecule has 4 nitrogen and oxygen atoms in total. The Labute approximate surface area is 152 Å². The molecule has 1 N–H and O–H groups in total. The molecule has 3 aromatic carbocycles. The van der Waals surface area contributed by atoms with Crippen molar-refractivity contribution in [2.24, 2.45) is 0 Å². The predicted octanol–water partition coefficient (Wildman–Crippen LogP) is 5.24. The molecule has 3 rings (SSSR count). The molecular weight excluding hydrogens is 358 g/mol. The lowest BCUT2D eigenvalue weighted by atomic mass is 10.2. The molecule has 6 heteroatoms. The first-order valence-electron chi connectivity index (χ1n) is 7.56. The number of nitrogens with one attached hydrogen (secondary N) is 1. The van der Waals surface area contributed by atoms with E-state index in [0.717, 1.165) is 5.56 Å². The van der Waals surface area contributed by atoms with Crippen LogP contribution in [-0.2, 0) is 10.0 Å². The minimum atomic E-state index is -3.62. The number of halogens is 1. The van der Waals surface area contributed by atoms with Gasteiger partial charge in [0.1, 0.15) is 11.5 Å². The van der Waals surface area contributed by atoms with Gasteiger partial charge in [0.2, 0.25) is 0 Å². The van der Waals surface area contributed by atoms with Gasteiger partial charge < -0.3 is 4.74 Å². The van der Waals surface area contributed by atoms with Crippen LogP contribution in [0.1, 0.15) is 5.56 Å². The second-order valence-electron chi connectivity index (χ2n) is 5.48. The molecule has 0 fully saturated rings. The average Bonchev–Trinajstić information content (AvgIpc) is 2.59. The number of rotatable bonds is 5. The van der Waals surface area contributed by atoms with Crippen molar-refractivity contribution in [1.82, 2.24) is 0 Å². The smallest absolute Gasteiger partial charge is 0.261 e. The molecule has 0 aromatic heterocycles. The number of hydrogen-bond donors (Lipinski definition) is 1. The van der Waals surface area contributed by atoms with Crippen LogP contribution in [-0.4, -0.2) is 8.42 Å². The number of anilines is 1. The minimum Gasteiger partial charge on any atom is -0.456 e. The highest BCUT2D eigenvalue weighted by atomic mass is 35.5. The molecule has 0 heterocycles. The third-order valence-electron chi connectivity index (χ3n) is 3.50. The zero-order chi connectivity index (χ0) is 17.9. The molecule has 0 radical (unpaired) electrons. The third-order valence-corrected chi connectivity index (χ3v) is 5.21. The lowest BCUT2D eigenvalue weighted by Gasteiger charge is -2.10. The normalized spacial score (nSPS) is 11.1. The van der Waals surface area contributed by atoms with Gasteiger partial charge in [-0.1, -0.05) is 41.4 Å². The number of aryl methyl sites for hydroxylation is 1. The molecule has 0 aliphatic rings. The molecule has 0 atom stereocenters. The highest BCUT2D eigenvalue weighted by Crippen LogP contribution is 2.29. The van der Waals surface area contributed by atoms with Gasteiger partial charge in [-0.2, -0.15) is 0 Å². The van der Waals surface area contributed by atoms with Gasteiger partial charge in [-0.25, -0.2) is 8.42 Å². The van der Waals surface area contributed by atoms with E-state index in [0.29, 0.717) is 22.2 Å². The van der Waals surface area contributed by atoms with Crippen LogP contribution in [0.3, 0.4) is 0 Å². The standard InChI is InChI=1S/C19H16ClNO3S/c1-14-6-12-17(13-7-14)25(22,23)21-15-8-10-16(11-9-15)24-19-5-3-2-4-18(19)20/h2-13,21H,1H3. The summed E-state index contributed by atoms with van der Waals surface area (Å²) in [5, 5.41) is 0.506. The molecule has 0 bridgehead atoms. The van der Waals surface area contributed by atoms with Crippen LogP contribution in [0.5, 0.6) is 11.5 Å². The van der Waals surface area contributed by atoms with E-state index in [2.05, 4.69) is 4.72 Å². The summed E-state index contributed by atoms with van der Waals surface area (Å²) < 4.78 is 33.0. The Balaban J connectivity index is 1.74.